The highest BCUT2D eigenvalue weighted by Gasteiger charge is 2.18. The highest BCUT2D eigenvalue weighted by atomic mass is 35.5. The first kappa shape index (κ1) is 13.4. The fraction of sp³-hybridized carbons (Fsp3) is 0. The average Bonchev–Trinajstić information content (AvgIpc) is 2.78. The molecule has 1 amide bonds. The van der Waals surface area contributed by atoms with Crippen LogP contribution in [-0.4, -0.2) is 10.8 Å². The van der Waals surface area contributed by atoms with Crippen molar-refractivity contribution in [2.75, 3.05) is 5.32 Å². The van der Waals surface area contributed by atoms with Gasteiger partial charge in [-0.05, 0) is 35.9 Å². The summed E-state index contributed by atoms with van der Waals surface area (Å²) in [6.07, 6.45) is 0. The molecule has 1 N–H and O–H groups in total. The first-order valence-corrected chi connectivity index (χ1v) is 5.73. The third-order valence-electron chi connectivity index (χ3n) is 2.20. The maximum Gasteiger partial charge on any atom is 0.294 e. The third kappa shape index (κ3) is 3.04. The number of anilines is 1. The lowest BCUT2D eigenvalue weighted by Crippen LogP contribution is -2.12. The zero-order valence-electron chi connectivity index (χ0n) is 9.22. The molecule has 0 aliphatic carbocycles. The number of nitro benzene ring substituents is 1. The second-order valence-corrected chi connectivity index (χ2v) is 4.29. The molecule has 98 valence electrons. The summed E-state index contributed by atoms with van der Waals surface area (Å²) in [4.78, 5) is 22.0. The van der Waals surface area contributed by atoms with E-state index in [1.807, 2.05) is 0 Å². The lowest BCUT2D eigenvalue weighted by molar-refractivity contribution is -0.383. The molecule has 1 aromatic heterocycles. The summed E-state index contributed by atoms with van der Waals surface area (Å²) in [6, 6.07) is 6.67. The van der Waals surface area contributed by atoms with Gasteiger partial charge in [-0.25, -0.2) is 0 Å². The predicted octanol–water partition coefficient (Wildman–Crippen LogP) is 3.75. The Bertz CT molecular complexity index is 654. The van der Waals surface area contributed by atoms with Gasteiger partial charge in [-0.15, -0.1) is 0 Å². The Hall–Kier alpha value is -2.05. The van der Waals surface area contributed by atoms with Gasteiger partial charge in [0.2, 0.25) is 0 Å². The van der Waals surface area contributed by atoms with Gasteiger partial charge in [0.25, 0.3) is 11.6 Å². The number of carbonyl (C=O) groups excluding carboxylic acids is 1. The maximum atomic E-state index is 11.8. The number of benzene rings is 1. The van der Waals surface area contributed by atoms with Crippen molar-refractivity contribution in [1.29, 1.82) is 0 Å². The lowest BCUT2D eigenvalue weighted by atomic mass is 10.2. The van der Waals surface area contributed by atoms with Crippen LogP contribution in [0.5, 0.6) is 0 Å². The van der Waals surface area contributed by atoms with Crippen LogP contribution in [0.1, 0.15) is 10.6 Å². The van der Waals surface area contributed by atoms with E-state index in [-0.39, 0.29) is 27.4 Å². The van der Waals surface area contributed by atoms with Crippen LogP contribution in [0.4, 0.5) is 11.4 Å². The minimum Gasteiger partial charge on any atom is -0.440 e. The summed E-state index contributed by atoms with van der Waals surface area (Å²) in [5.74, 6) is -0.688. The van der Waals surface area contributed by atoms with Crippen LogP contribution < -0.4 is 5.32 Å². The number of rotatable bonds is 3. The topological polar surface area (TPSA) is 85.4 Å². The molecular weight excluding hydrogens is 295 g/mol. The first-order valence-electron chi connectivity index (χ1n) is 4.98. The molecule has 0 fully saturated rings. The quantitative estimate of drug-likeness (QED) is 0.691. The molecule has 0 saturated heterocycles. The minimum absolute atomic E-state index is 0.0203. The Kier molecular flexibility index (Phi) is 3.73. The van der Waals surface area contributed by atoms with Gasteiger partial charge in [0, 0.05) is 11.1 Å². The third-order valence-corrected chi connectivity index (χ3v) is 2.64. The Morgan fingerprint density at radius 3 is 2.58 bits per heavy atom. The fourth-order valence-corrected chi connectivity index (χ4v) is 1.69. The monoisotopic (exact) mass is 300 g/mol. The van der Waals surface area contributed by atoms with Crippen LogP contribution in [0.25, 0.3) is 0 Å². The SMILES string of the molecule is O=C(Nc1ccc(Cl)cc1[N+](=O)[O-])c1ccc(Cl)o1. The molecule has 0 radical (unpaired) electrons. The van der Waals surface area contributed by atoms with Crippen molar-refractivity contribution in [3.05, 3.63) is 56.4 Å². The van der Waals surface area contributed by atoms with Crippen molar-refractivity contribution in [2.24, 2.45) is 0 Å². The molecule has 0 unspecified atom stereocenters. The molecular formula is C11H6Cl2N2O4. The number of nitrogens with one attached hydrogen (secondary N) is 1. The van der Waals surface area contributed by atoms with E-state index >= 15 is 0 Å². The molecule has 0 atom stereocenters. The average molecular weight is 301 g/mol. The van der Waals surface area contributed by atoms with Crippen molar-refractivity contribution in [3.63, 3.8) is 0 Å². The number of carbonyl (C=O) groups is 1. The molecule has 0 spiro atoms. The van der Waals surface area contributed by atoms with Crippen molar-refractivity contribution in [2.45, 2.75) is 0 Å². The minimum atomic E-state index is -0.642. The van der Waals surface area contributed by atoms with E-state index in [4.69, 9.17) is 27.6 Å². The summed E-state index contributed by atoms with van der Waals surface area (Å²) in [5.41, 5.74) is -0.287. The smallest absolute Gasteiger partial charge is 0.294 e. The number of furan rings is 1. The molecule has 0 bridgehead atoms. The standard InChI is InChI=1S/C11H6Cl2N2O4/c12-6-1-2-7(8(5-6)15(17)18)14-11(16)9-3-4-10(13)19-9/h1-5H,(H,14,16). The maximum absolute atomic E-state index is 11.8. The van der Waals surface area contributed by atoms with Crippen molar-refractivity contribution in [1.82, 2.24) is 0 Å². The molecule has 19 heavy (non-hydrogen) atoms. The number of halogens is 2. The molecule has 2 rings (SSSR count). The van der Waals surface area contributed by atoms with Gasteiger partial charge in [-0.1, -0.05) is 11.6 Å². The van der Waals surface area contributed by atoms with Crippen LogP contribution in [0, 0.1) is 10.1 Å². The largest absolute Gasteiger partial charge is 0.440 e. The van der Waals surface area contributed by atoms with E-state index in [0.717, 1.165) is 6.07 Å². The van der Waals surface area contributed by atoms with Gasteiger partial charge in [0.05, 0.1) is 4.92 Å². The summed E-state index contributed by atoms with van der Waals surface area (Å²) < 4.78 is 4.90. The van der Waals surface area contributed by atoms with Gasteiger partial charge in [-0.2, -0.15) is 0 Å². The molecule has 8 heteroatoms. The van der Waals surface area contributed by atoms with Gasteiger partial charge in [0.1, 0.15) is 5.69 Å². The molecule has 1 heterocycles. The van der Waals surface area contributed by atoms with E-state index in [0.29, 0.717) is 0 Å². The molecule has 0 aliphatic rings. The lowest BCUT2D eigenvalue weighted by Gasteiger charge is -2.04. The highest BCUT2D eigenvalue weighted by Crippen LogP contribution is 2.28. The first-order chi connectivity index (χ1) is 8.97. The van der Waals surface area contributed by atoms with Crippen LogP contribution >= 0.6 is 23.2 Å². The van der Waals surface area contributed by atoms with Crippen LogP contribution in [0.15, 0.2) is 34.7 Å². The second kappa shape index (κ2) is 5.29. The normalized spacial score (nSPS) is 10.2. The fourth-order valence-electron chi connectivity index (χ4n) is 1.38. The summed E-state index contributed by atoms with van der Waals surface area (Å²) in [7, 11) is 0. The van der Waals surface area contributed by atoms with Gasteiger partial charge in [-0.3, -0.25) is 14.9 Å². The van der Waals surface area contributed by atoms with Crippen molar-refractivity contribution >= 4 is 40.5 Å². The van der Waals surface area contributed by atoms with E-state index in [2.05, 4.69) is 5.32 Å². The zero-order chi connectivity index (χ0) is 14.0. The highest BCUT2D eigenvalue weighted by molar-refractivity contribution is 6.31. The number of hydrogen-bond acceptors (Lipinski definition) is 4. The molecule has 1 aromatic carbocycles. The Morgan fingerprint density at radius 1 is 1.26 bits per heavy atom. The van der Waals surface area contributed by atoms with Gasteiger partial charge in [0.15, 0.2) is 11.0 Å². The van der Waals surface area contributed by atoms with E-state index in [1.54, 1.807) is 0 Å². The van der Waals surface area contributed by atoms with E-state index in [9.17, 15) is 14.9 Å². The Morgan fingerprint density at radius 2 is 2.00 bits per heavy atom. The summed E-state index contributed by atoms with van der Waals surface area (Å²) in [5, 5.41) is 13.5. The number of hydrogen-bond donors (Lipinski definition) is 1. The number of nitrogens with zero attached hydrogens (tertiary/aromatic N) is 1. The zero-order valence-corrected chi connectivity index (χ0v) is 10.7. The number of nitro groups is 1. The van der Waals surface area contributed by atoms with E-state index < -0.39 is 10.8 Å². The van der Waals surface area contributed by atoms with Crippen LogP contribution in [0.2, 0.25) is 10.2 Å². The predicted molar refractivity (Wildman–Crippen MR) is 69.8 cm³/mol. The van der Waals surface area contributed by atoms with Gasteiger partial charge < -0.3 is 9.73 Å². The molecule has 6 nitrogen and oxygen atoms in total. The van der Waals surface area contributed by atoms with Crippen LogP contribution in [0.3, 0.4) is 0 Å². The second-order valence-electron chi connectivity index (χ2n) is 3.48. The van der Waals surface area contributed by atoms with Gasteiger partial charge >= 0.3 is 0 Å². The summed E-state index contributed by atoms with van der Waals surface area (Å²) in [6.45, 7) is 0. The summed E-state index contributed by atoms with van der Waals surface area (Å²) >= 11 is 11.2. The Labute approximate surface area is 117 Å². The van der Waals surface area contributed by atoms with Crippen molar-refractivity contribution < 1.29 is 14.1 Å². The molecule has 0 saturated carbocycles. The van der Waals surface area contributed by atoms with Crippen LogP contribution in [-0.2, 0) is 0 Å². The number of amides is 1. The molecule has 2 aromatic rings. The molecule has 0 aliphatic heterocycles. The van der Waals surface area contributed by atoms with E-state index in [1.165, 1.54) is 24.3 Å². The Balaban J connectivity index is 2.28. The van der Waals surface area contributed by atoms with Crippen molar-refractivity contribution in [3.8, 4) is 0 Å².